The quantitative estimate of drug-likeness (QED) is 0.745. The molecule has 4 nitrogen and oxygen atoms in total. The Morgan fingerprint density at radius 2 is 1.89 bits per heavy atom. The molecule has 0 saturated heterocycles. The zero-order valence-corrected chi connectivity index (χ0v) is 11.4. The first-order chi connectivity index (χ1) is 9.13. The molecule has 5 heteroatoms. The molecule has 3 rings (SSSR count). The Hall–Kier alpha value is -2.01. The molecule has 1 atom stereocenters. The SMILES string of the molecule is O=C1Nc2ccc(Br)cc2C1Nc1ccc(O)cc1. The molecule has 1 aliphatic heterocycles. The van der Waals surface area contributed by atoms with Crippen molar-refractivity contribution in [2.24, 2.45) is 0 Å². The van der Waals surface area contributed by atoms with Crippen molar-refractivity contribution in [1.82, 2.24) is 0 Å². The number of halogens is 1. The molecule has 1 unspecified atom stereocenters. The average Bonchev–Trinajstić information content (AvgIpc) is 2.69. The first kappa shape index (κ1) is 12.0. The van der Waals surface area contributed by atoms with Crippen LogP contribution in [-0.4, -0.2) is 11.0 Å². The summed E-state index contributed by atoms with van der Waals surface area (Å²) in [5.41, 5.74) is 2.52. The predicted octanol–water partition coefficient (Wildman–Crippen LogP) is 3.26. The maximum Gasteiger partial charge on any atom is 0.251 e. The van der Waals surface area contributed by atoms with E-state index >= 15 is 0 Å². The summed E-state index contributed by atoms with van der Waals surface area (Å²) in [6.07, 6.45) is 0. The molecule has 3 N–H and O–H groups in total. The van der Waals surface area contributed by atoms with Gasteiger partial charge in [0.1, 0.15) is 11.8 Å². The van der Waals surface area contributed by atoms with Crippen molar-refractivity contribution in [3.63, 3.8) is 0 Å². The number of carbonyl (C=O) groups is 1. The first-order valence-electron chi connectivity index (χ1n) is 5.79. The molecule has 1 amide bonds. The van der Waals surface area contributed by atoms with Gasteiger partial charge in [0.2, 0.25) is 0 Å². The molecule has 1 aliphatic rings. The van der Waals surface area contributed by atoms with Crippen LogP contribution >= 0.6 is 15.9 Å². The molecule has 2 aromatic carbocycles. The third kappa shape index (κ3) is 2.29. The lowest BCUT2D eigenvalue weighted by atomic mass is 10.1. The number of aromatic hydroxyl groups is 1. The molecular weight excluding hydrogens is 308 g/mol. The molecule has 1 heterocycles. The fourth-order valence-corrected chi connectivity index (χ4v) is 2.48. The van der Waals surface area contributed by atoms with Gasteiger partial charge in [-0.25, -0.2) is 0 Å². The number of benzene rings is 2. The maximum absolute atomic E-state index is 12.0. The number of rotatable bonds is 2. The van der Waals surface area contributed by atoms with Crippen LogP contribution in [0.15, 0.2) is 46.9 Å². The topological polar surface area (TPSA) is 61.4 Å². The second-order valence-corrected chi connectivity index (χ2v) is 5.26. The van der Waals surface area contributed by atoms with E-state index in [0.717, 1.165) is 21.4 Å². The summed E-state index contributed by atoms with van der Waals surface area (Å²) in [7, 11) is 0. The molecule has 0 fully saturated rings. The molecule has 0 saturated carbocycles. The van der Waals surface area contributed by atoms with Crippen LogP contribution in [0.4, 0.5) is 11.4 Å². The number of fused-ring (bicyclic) bond motifs is 1. The smallest absolute Gasteiger partial charge is 0.251 e. The number of hydrogen-bond donors (Lipinski definition) is 3. The van der Waals surface area contributed by atoms with Gasteiger partial charge in [-0.2, -0.15) is 0 Å². The first-order valence-corrected chi connectivity index (χ1v) is 6.59. The van der Waals surface area contributed by atoms with Crippen molar-refractivity contribution >= 4 is 33.2 Å². The van der Waals surface area contributed by atoms with E-state index in [1.807, 2.05) is 18.2 Å². The highest BCUT2D eigenvalue weighted by Crippen LogP contribution is 2.35. The molecule has 0 aliphatic carbocycles. The Labute approximate surface area is 118 Å². The predicted molar refractivity (Wildman–Crippen MR) is 77.2 cm³/mol. The summed E-state index contributed by atoms with van der Waals surface area (Å²) >= 11 is 3.41. The number of phenolic OH excluding ortho intramolecular Hbond substituents is 1. The minimum atomic E-state index is -0.419. The molecule has 0 spiro atoms. The summed E-state index contributed by atoms with van der Waals surface area (Å²) in [5, 5.41) is 15.2. The van der Waals surface area contributed by atoms with E-state index in [2.05, 4.69) is 26.6 Å². The van der Waals surface area contributed by atoms with E-state index < -0.39 is 6.04 Å². The Bertz CT molecular complexity index is 640. The van der Waals surface area contributed by atoms with Crippen LogP contribution in [0.25, 0.3) is 0 Å². The van der Waals surface area contributed by atoms with Gasteiger partial charge >= 0.3 is 0 Å². The monoisotopic (exact) mass is 318 g/mol. The van der Waals surface area contributed by atoms with E-state index in [1.54, 1.807) is 24.3 Å². The second kappa shape index (κ2) is 4.59. The third-order valence-electron chi connectivity index (χ3n) is 3.02. The van der Waals surface area contributed by atoms with E-state index in [-0.39, 0.29) is 11.7 Å². The van der Waals surface area contributed by atoms with Crippen LogP contribution in [-0.2, 0) is 4.79 Å². The van der Waals surface area contributed by atoms with Crippen molar-refractivity contribution in [2.75, 3.05) is 10.6 Å². The normalized spacial score (nSPS) is 16.9. The van der Waals surface area contributed by atoms with Gasteiger partial charge in [-0.1, -0.05) is 15.9 Å². The van der Waals surface area contributed by atoms with E-state index in [1.165, 1.54) is 0 Å². The molecular formula is C14H11BrN2O2. The van der Waals surface area contributed by atoms with Gasteiger partial charge in [0.25, 0.3) is 5.91 Å². The van der Waals surface area contributed by atoms with Gasteiger partial charge in [-0.15, -0.1) is 0 Å². The molecule has 19 heavy (non-hydrogen) atoms. The number of phenols is 1. The van der Waals surface area contributed by atoms with Gasteiger partial charge < -0.3 is 15.7 Å². The van der Waals surface area contributed by atoms with Gasteiger partial charge in [0, 0.05) is 21.4 Å². The number of nitrogens with one attached hydrogen (secondary N) is 2. The summed E-state index contributed by atoms with van der Waals surface area (Å²) in [4.78, 5) is 12.0. The van der Waals surface area contributed by atoms with Crippen molar-refractivity contribution in [3.8, 4) is 5.75 Å². The Balaban J connectivity index is 1.91. The van der Waals surface area contributed by atoms with Crippen molar-refractivity contribution in [2.45, 2.75) is 6.04 Å². The van der Waals surface area contributed by atoms with Gasteiger partial charge in [0.05, 0.1) is 0 Å². The number of amides is 1. The summed E-state index contributed by atoms with van der Waals surface area (Å²) < 4.78 is 0.931. The average molecular weight is 319 g/mol. The Kier molecular flexibility index (Phi) is 2.91. The third-order valence-corrected chi connectivity index (χ3v) is 3.52. The second-order valence-electron chi connectivity index (χ2n) is 4.35. The summed E-state index contributed by atoms with van der Waals surface area (Å²) in [6.45, 7) is 0. The van der Waals surface area contributed by atoms with Crippen LogP contribution in [0.2, 0.25) is 0 Å². The van der Waals surface area contributed by atoms with Gasteiger partial charge in [0.15, 0.2) is 0 Å². The van der Waals surface area contributed by atoms with E-state index in [9.17, 15) is 9.90 Å². The molecule has 0 radical (unpaired) electrons. The van der Waals surface area contributed by atoms with Crippen LogP contribution in [0.1, 0.15) is 11.6 Å². The standard InChI is InChI=1S/C14H11BrN2O2/c15-8-1-6-12-11(7-8)13(14(19)17-12)16-9-2-4-10(18)5-3-9/h1-7,13,16,18H,(H,17,19). The zero-order valence-electron chi connectivity index (χ0n) is 9.85. The number of hydrogen-bond acceptors (Lipinski definition) is 3. The highest BCUT2D eigenvalue weighted by molar-refractivity contribution is 9.10. The lowest BCUT2D eigenvalue weighted by molar-refractivity contribution is -0.116. The fraction of sp³-hybridized carbons (Fsp3) is 0.0714. The van der Waals surface area contributed by atoms with Crippen LogP contribution in [0.5, 0.6) is 5.75 Å². The van der Waals surface area contributed by atoms with E-state index in [0.29, 0.717) is 0 Å². The summed E-state index contributed by atoms with van der Waals surface area (Å²) in [5.74, 6) is 0.116. The maximum atomic E-state index is 12.0. The largest absolute Gasteiger partial charge is 0.508 e. The van der Waals surface area contributed by atoms with Crippen molar-refractivity contribution < 1.29 is 9.90 Å². The Morgan fingerprint density at radius 1 is 1.16 bits per heavy atom. The van der Waals surface area contributed by atoms with Crippen LogP contribution < -0.4 is 10.6 Å². The lowest BCUT2D eigenvalue weighted by Gasteiger charge is -2.13. The molecule has 96 valence electrons. The zero-order chi connectivity index (χ0) is 13.4. The number of anilines is 2. The molecule has 0 bridgehead atoms. The van der Waals surface area contributed by atoms with Crippen LogP contribution in [0, 0.1) is 0 Å². The number of carbonyl (C=O) groups excluding carboxylic acids is 1. The fourth-order valence-electron chi connectivity index (χ4n) is 2.10. The highest BCUT2D eigenvalue weighted by atomic mass is 79.9. The summed E-state index contributed by atoms with van der Waals surface area (Å²) in [6, 6.07) is 11.9. The molecule has 2 aromatic rings. The van der Waals surface area contributed by atoms with E-state index in [4.69, 9.17) is 0 Å². The minimum Gasteiger partial charge on any atom is -0.508 e. The van der Waals surface area contributed by atoms with Crippen molar-refractivity contribution in [3.05, 3.63) is 52.5 Å². The Morgan fingerprint density at radius 3 is 2.63 bits per heavy atom. The lowest BCUT2D eigenvalue weighted by Crippen LogP contribution is -2.19. The van der Waals surface area contributed by atoms with Crippen molar-refractivity contribution in [1.29, 1.82) is 0 Å². The highest BCUT2D eigenvalue weighted by Gasteiger charge is 2.30. The van der Waals surface area contributed by atoms with Gasteiger partial charge in [-0.3, -0.25) is 4.79 Å². The van der Waals surface area contributed by atoms with Crippen LogP contribution in [0.3, 0.4) is 0 Å². The molecule has 0 aromatic heterocycles. The minimum absolute atomic E-state index is 0.0822. The van der Waals surface area contributed by atoms with Gasteiger partial charge in [-0.05, 0) is 42.5 Å².